The zero-order chi connectivity index (χ0) is 20.2. The lowest BCUT2D eigenvalue weighted by molar-refractivity contribution is -0.384. The second-order valence-electron chi connectivity index (χ2n) is 5.59. The number of non-ortho nitro benzene ring substituents is 1. The summed E-state index contributed by atoms with van der Waals surface area (Å²) < 4.78 is 32.3. The second kappa shape index (κ2) is 8.17. The van der Waals surface area contributed by atoms with E-state index in [1.54, 1.807) is 39.0 Å². The number of nitrogens with zero attached hydrogens (tertiary/aromatic N) is 2. The molecular weight excluding hydrogens is 372 g/mol. The van der Waals surface area contributed by atoms with Crippen LogP contribution in [0.3, 0.4) is 0 Å². The molecule has 0 aliphatic rings. The van der Waals surface area contributed by atoms with Gasteiger partial charge in [0.15, 0.2) is 0 Å². The molecule has 0 radical (unpaired) electrons. The van der Waals surface area contributed by atoms with Gasteiger partial charge in [0.1, 0.15) is 0 Å². The molecule has 0 aliphatic heterocycles. The molecule has 0 saturated heterocycles. The lowest BCUT2D eigenvalue weighted by atomic mass is 10.1. The van der Waals surface area contributed by atoms with Crippen molar-refractivity contribution in [2.24, 2.45) is 0 Å². The van der Waals surface area contributed by atoms with Gasteiger partial charge in [-0.3, -0.25) is 14.4 Å². The van der Waals surface area contributed by atoms with Crippen molar-refractivity contribution in [2.75, 3.05) is 17.5 Å². The number of rotatable bonds is 7. The van der Waals surface area contributed by atoms with E-state index in [9.17, 15) is 23.3 Å². The van der Waals surface area contributed by atoms with Gasteiger partial charge in [0.25, 0.3) is 15.7 Å². The van der Waals surface area contributed by atoms with Gasteiger partial charge in [-0.15, -0.1) is 0 Å². The lowest BCUT2D eigenvalue weighted by Crippen LogP contribution is -2.31. The zero-order valence-electron chi connectivity index (χ0n) is 15.2. The molecule has 0 aliphatic carbocycles. The summed E-state index contributed by atoms with van der Waals surface area (Å²) >= 11 is 0. The van der Waals surface area contributed by atoms with Crippen molar-refractivity contribution in [2.45, 2.75) is 25.7 Å². The molecule has 0 fully saturated rings. The monoisotopic (exact) mass is 392 g/mol. The van der Waals surface area contributed by atoms with Crippen molar-refractivity contribution in [3.63, 3.8) is 0 Å². The van der Waals surface area contributed by atoms with Gasteiger partial charge >= 0.3 is 5.97 Å². The largest absolute Gasteiger partial charge is 0.462 e. The summed E-state index contributed by atoms with van der Waals surface area (Å²) in [5.74, 6) is -0.527. The Labute approximate surface area is 157 Å². The number of sulfonamides is 1. The predicted molar refractivity (Wildman–Crippen MR) is 100 cm³/mol. The Morgan fingerprint density at radius 3 is 2.30 bits per heavy atom. The smallest absolute Gasteiger partial charge is 0.338 e. The SMILES string of the molecule is CCOC(=O)c1cccc(N(CC)S(=O)(=O)c2ccc([N+](=O)[O-])cc2)c1C. The summed E-state index contributed by atoms with van der Waals surface area (Å²) in [6.07, 6.45) is 0. The summed E-state index contributed by atoms with van der Waals surface area (Å²) in [5.41, 5.74) is 0.911. The molecule has 9 heteroatoms. The fourth-order valence-electron chi connectivity index (χ4n) is 2.66. The molecule has 2 aromatic rings. The summed E-state index contributed by atoms with van der Waals surface area (Å²) in [6.45, 7) is 5.33. The van der Waals surface area contributed by atoms with E-state index < -0.39 is 20.9 Å². The molecule has 0 atom stereocenters. The predicted octanol–water partition coefficient (Wildman–Crippen LogP) is 3.30. The average Bonchev–Trinajstić information content (AvgIpc) is 2.63. The molecule has 0 aromatic heterocycles. The van der Waals surface area contributed by atoms with Gasteiger partial charge in [0.05, 0.1) is 27.7 Å². The maximum Gasteiger partial charge on any atom is 0.338 e. The van der Waals surface area contributed by atoms with Crippen molar-refractivity contribution >= 4 is 27.4 Å². The molecule has 0 amide bonds. The first-order chi connectivity index (χ1) is 12.7. The summed E-state index contributed by atoms with van der Waals surface area (Å²) in [6, 6.07) is 9.43. The minimum atomic E-state index is -3.97. The highest BCUT2D eigenvalue weighted by Gasteiger charge is 2.27. The van der Waals surface area contributed by atoms with Crippen LogP contribution in [0.1, 0.15) is 29.8 Å². The molecule has 2 aromatic carbocycles. The first-order valence-electron chi connectivity index (χ1n) is 8.28. The van der Waals surface area contributed by atoms with Crippen LogP contribution >= 0.6 is 0 Å². The normalized spacial score (nSPS) is 11.1. The molecule has 2 rings (SSSR count). The van der Waals surface area contributed by atoms with Crippen molar-refractivity contribution in [1.82, 2.24) is 0 Å². The average molecular weight is 392 g/mol. The first kappa shape index (κ1) is 20.4. The summed E-state index contributed by atoms with van der Waals surface area (Å²) in [4.78, 5) is 22.2. The van der Waals surface area contributed by atoms with Crippen molar-refractivity contribution in [1.29, 1.82) is 0 Å². The molecule has 27 heavy (non-hydrogen) atoms. The number of carbonyl (C=O) groups excluding carboxylic acids is 1. The van der Waals surface area contributed by atoms with Crippen LogP contribution < -0.4 is 4.31 Å². The van der Waals surface area contributed by atoms with Crippen LogP contribution in [0.25, 0.3) is 0 Å². The second-order valence-corrected chi connectivity index (χ2v) is 7.45. The van der Waals surface area contributed by atoms with E-state index in [0.29, 0.717) is 11.3 Å². The zero-order valence-corrected chi connectivity index (χ0v) is 16.0. The lowest BCUT2D eigenvalue weighted by Gasteiger charge is -2.25. The highest BCUT2D eigenvalue weighted by atomic mass is 32.2. The van der Waals surface area contributed by atoms with Crippen LogP contribution in [0.15, 0.2) is 47.4 Å². The number of benzene rings is 2. The summed E-state index contributed by atoms with van der Waals surface area (Å²) in [5, 5.41) is 10.8. The van der Waals surface area contributed by atoms with Gasteiger partial charge in [0.2, 0.25) is 0 Å². The molecule has 0 N–H and O–H groups in total. The van der Waals surface area contributed by atoms with Crippen LogP contribution in [-0.2, 0) is 14.8 Å². The standard InChI is InChI=1S/C18H20N2O6S/c1-4-19(17-8-6-7-16(13(17)3)18(21)26-5-2)27(24,25)15-11-9-14(10-12-15)20(22)23/h6-12H,4-5H2,1-3H3. The molecule has 0 heterocycles. The number of carbonyl (C=O) groups is 1. The molecule has 144 valence electrons. The molecular formula is C18H20N2O6S. The quantitative estimate of drug-likeness (QED) is 0.406. The maximum atomic E-state index is 13.0. The fraction of sp³-hybridized carbons (Fsp3) is 0.278. The Morgan fingerprint density at radius 1 is 1.15 bits per heavy atom. The Hall–Kier alpha value is -2.94. The van der Waals surface area contributed by atoms with E-state index in [1.807, 2.05) is 0 Å². The number of anilines is 1. The van der Waals surface area contributed by atoms with Crippen molar-refractivity contribution < 1.29 is 22.9 Å². The number of hydrogen-bond acceptors (Lipinski definition) is 6. The van der Waals surface area contributed by atoms with Crippen LogP contribution in [0, 0.1) is 17.0 Å². The number of nitro groups is 1. The maximum absolute atomic E-state index is 13.0. The third-order valence-corrected chi connectivity index (χ3v) is 5.90. The number of hydrogen-bond donors (Lipinski definition) is 0. The molecule has 0 bridgehead atoms. The minimum absolute atomic E-state index is 0.0733. The minimum Gasteiger partial charge on any atom is -0.462 e. The van der Waals surface area contributed by atoms with E-state index in [0.717, 1.165) is 16.4 Å². The number of nitro benzene ring substituents is 1. The van der Waals surface area contributed by atoms with E-state index in [1.165, 1.54) is 12.1 Å². The number of esters is 1. The van der Waals surface area contributed by atoms with Crippen LogP contribution in [0.2, 0.25) is 0 Å². The molecule has 0 unspecified atom stereocenters. The van der Waals surface area contributed by atoms with Crippen LogP contribution in [-0.4, -0.2) is 32.5 Å². The van der Waals surface area contributed by atoms with E-state index >= 15 is 0 Å². The van der Waals surface area contributed by atoms with Crippen LogP contribution in [0.5, 0.6) is 0 Å². The molecule has 8 nitrogen and oxygen atoms in total. The highest BCUT2D eigenvalue weighted by molar-refractivity contribution is 7.92. The van der Waals surface area contributed by atoms with Gasteiger partial charge in [-0.2, -0.15) is 0 Å². The molecule has 0 saturated carbocycles. The van der Waals surface area contributed by atoms with Gasteiger partial charge < -0.3 is 4.74 Å². The van der Waals surface area contributed by atoms with Crippen molar-refractivity contribution in [3.05, 3.63) is 63.7 Å². The van der Waals surface area contributed by atoms with Crippen LogP contribution in [0.4, 0.5) is 11.4 Å². The number of ether oxygens (including phenoxy) is 1. The van der Waals surface area contributed by atoms with E-state index in [-0.39, 0.29) is 29.3 Å². The topological polar surface area (TPSA) is 107 Å². The van der Waals surface area contributed by atoms with Gasteiger partial charge in [-0.05, 0) is 50.6 Å². The Balaban J connectivity index is 2.51. The van der Waals surface area contributed by atoms with Gasteiger partial charge in [0, 0.05) is 18.7 Å². The van der Waals surface area contributed by atoms with Gasteiger partial charge in [-0.25, -0.2) is 13.2 Å². The molecule has 0 spiro atoms. The Morgan fingerprint density at radius 2 is 1.78 bits per heavy atom. The Kier molecular flexibility index (Phi) is 6.17. The summed E-state index contributed by atoms with van der Waals surface area (Å²) in [7, 11) is -3.97. The first-order valence-corrected chi connectivity index (χ1v) is 9.72. The third kappa shape index (κ3) is 4.08. The Bertz CT molecular complexity index is 954. The third-order valence-electron chi connectivity index (χ3n) is 3.99. The van der Waals surface area contributed by atoms with E-state index in [2.05, 4.69) is 0 Å². The fourth-order valence-corrected chi connectivity index (χ4v) is 4.19. The van der Waals surface area contributed by atoms with Gasteiger partial charge in [-0.1, -0.05) is 6.07 Å². The highest BCUT2D eigenvalue weighted by Crippen LogP contribution is 2.29. The van der Waals surface area contributed by atoms with Crippen molar-refractivity contribution in [3.8, 4) is 0 Å². The van der Waals surface area contributed by atoms with E-state index in [4.69, 9.17) is 4.74 Å².